The zero-order chi connectivity index (χ0) is 15.5. The van der Waals surface area contributed by atoms with Crippen LogP contribution < -0.4 is 5.32 Å². The van der Waals surface area contributed by atoms with Crippen LogP contribution in [0.15, 0.2) is 0 Å². The molecule has 0 radical (unpaired) electrons. The summed E-state index contributed by atoms with van der Waals surface area (Å²) < 4.78 is 39.8. The van der Waals surface area contributed by atoms with Crippen LogP contribution in [0.1, 0.15) is 40.5 Å². The minimum Gasteiger partial charge on any atom is -0.342 e. The quantitative estimate of drug-likeness (QED) is 0.802. The summed E-state index contributed by atoms with van der Waals surface area (Å²) >= 11 is 0. The summed E-state index contributed by atoms with van der Waals surface area (Å²) in [5, 5.41) is 2.54. The summed E-state index contributed by atoms with van der Waals surface area (Å²) in [4.78, 5) is 25.2. The molecule has 2 atom stereocenters. The van der Waals surface area contributed by atoms with Crippen molar-refractivity contribution in [1.29, 1.82) is 0 Å². The van der Waals surface area contributed by atoms with Crippen LogP contribution in [0.4, 0.5) is 13.2 Å². The van der Waals surface area contributed by atoms with Crippen molar-refractivity contribution in [3.63, 3.8) is 0 Å². The lowest BCUT2D eigenvalue weighted by molar-refractivity contribution is -0.210. The smallest absolute Gasteiger partial charge is 0.342 e. The predicted molar refractivity (Wildman–Crippen MR) is 65.7 cm³/mol. The van der Waals surface area contributed by atoms with Crippen LogP contribution in [0, 0.1) is 5.41 Å². The molecule has 1 aliphatic heterocycles. The number of piperazine rings is 1. The molecule has 0 spiro atoms. The largest absolute Gasteiger partial charge is 0.411 e. The molecule has 2 amide bonds. The monoisotopic (exact) mass is 292 g/mol. The SMILES string of the molecule is CC1C(=O)NC(C(C)(C)C)C(=O)N1C1(C(F)(F)F)CC1. The molecule has 20 heavy (non-hydrogen) atoms. The number of nitrogens with one attached hydrogen (secondary N) is 1. The lowest BCUT2D eigenvalue weighted by Gasteiger charge is -2.46. The van der Waals surface area contributed by atoms with E-state index in [1.54, 1.807) is 20.8 Å². The topological polar surface area (TPSA) is 49.4 Å². The Morgan fingerprint density at radius 3 is 2.05 bits per heavy atom. The molecule has 2 unspecified atom stereocenters. The molecule has 2 aliphatic rings. The van der Waals surface area contributed by atoms with Gasteiger partial charge in [-0.05, 0) is 25.2 Å². The van der Waals surface area contributed by atoms with E-state index in [1.165, 1.54) is 6.92 Å². The number of hydrogen-bond acceptors (Lipinski definition) is 2. The molecule has 2 fully saturated rings. The van der Waals surface area contributed by atoms with Gasteiger partial charge in [-0.15, -0.1) is 0 Å². The van der Waals surface area contributed by atoms with Crippen LogP contribution in [-0.4, -0.2) is 40.5 Å². The van der Waals surface area contributed by atoms with Gasteiger partial charge < -0.3 is 10.2 Å². The van der Waals surface area contributed by atoms with Crippen LogP contribution in [0.2, 0.25) is 0 Å². The van der Waals surface area contributed by atoms with E-state index in [0.29, 0.717) is 0 Å². The normalized spacial score (nSPS) is 30.2. The highest BCUT2D eigenvalue weighted by Crippen LogP contribution is 2.55. The molecule has 0 aromatic rings. The molecule has 1 heterocycles. The first-order chi connectivity index (χ1) is 8.92. The Kier molecular flexibility index (Phi) is 3.11. The van der Waals surface area contributed by atoms with E-state index in [2.05, 4.69) is 5.32 Å². The highest BCUT2D eigenvalue weighted by molar-refractivity contribution is 5.98. The van der Waals surface area contributed by atoms with E-state index in [9.17, 15) is 22.8 Å². The van der Waals surface area contributed by atoms with Gasteiger partial charge in [0.25, 0.3) is 0 Å². The molecule has 114 valence electrons. The lowest BCUT2D eigenvalue weighted by Crippen LogP contribution is -2.70. The van der Waals surface area contributed by atoms with Crippen molar-refractivity contribution in [1.82, 2.24) is 10.2 Å². The van der Waals surface area contributed by atoms with Gasteiger partial charge in [0.05, 0.1) is 0 Å². The molecule has 1 saturated heterocycles. The standard InChI is InChI=1S/C13H19F3N2O2/c1-7-9(19)17-8(11(2,3)4)10(20)18(7)12(5-6-12)13(14,15)16/h7-8H,5-6H2,1-4H3,(H,17,19). The Labute approximate surface area is 115 Å². The fourth-order valence-electron chi connectivity index (χ4n) is 2.72. The maximum atomic E-state index is 13.3. The molecule has 1 aliphatic carbocycles. The first-order valence-electron chi connectivity index (χ1n) is 6.62. The van der Waals surface area contributed by atoms with Gasteiger partial charge in [0.15, 0.2) is 0 Å². The van der Waals surface area contributed by atoms with Crippen molar-refractivity contribution in [2.75, 3.05) is 0 Å². The number of amides is 2. The fraction of sp³-hybridized carbons (Fsp3) is 0.846. The maximum absolute atomic E-state index is 13.3. The van der Waals surface area contributed by atoms with Crippen LogP contribution in [0.25, 0.3) is 0 Å². The van der Waals surface area contributed by atoms with Gasteiger partial charge in [-0.3, -0.25) is 9.59 Å². The van der Waals surface area contributed by atoms with Crippen molar-refractivity contribution in [3.8, 4) is 0 Å². The van der Waals surface area contributed by atoms with Crippen LogP contribution in [0.3, 0.4) is 0 Å². The van der Waals surface area contributed by atoms with E-state index in [0.717, 1.165) is 4.90 Å². The number of rotatable bonds is 1. The second kappa shape index (κ2) is 4.11. The Morgan fingerprint density at radius 1 is 1.20 bits per heavy atom. The molecule has 1 saturated carbocycles. The molecule has 0 aromatic carbocycles. The third kappa shape index (κ3) is 2.07. The van der Waals surface area contributed by atoms with Gasteiger partial charge in [0.2, 0.25) is 11.8 Å². The van der Waals surface area contributed by atoms with Crippen molar-refractivity contribution in [2.45, 2.75) is 64.3 Å². The first kappa shape index (κ1) is 15.1. The number of hydrogen-bond donors (Lipinski definition) is 1. The number of nitrogens with zero attached hydrogens (tertiary/aromatic N) is 1. The van der Waals surface area contributed by atoms with Crippen molar-refractivity contribution in [3.05, 3.63) is 0 Å². The number of carbonyl (C=O) groups is 2. The van der Waals surface area contributed by atoms with Gasteiger partial charge in [0.1, 0.15) is 17.6 Å². The summed E-state index contributed by atoms with van der Waals surface area (Å²) in [5.41, 5.74) is -2.78. The predicted octanol–water partition coefficient (Wildman–Crippen LogP) is 1.84. The number of alkyl halides is 3. The molecule has 2 rings (SSSR count). The minimum atomic E-state index is -4.50. The average molecular weight is 292 g/mol. The Bertz CT molecular complexity index is 450. The third-order valence-electron chi connectivity index (χ3n) is 4.12. The summed E-state index contributed by atoms with van der Waals surface area (Å²) in [5.74, 6) is -1.17. The van der Waals surface area contributed by atoms with Gasteiger partial charge in [-0.25, -0.2) is 0 Å². The van der Waals surface area contributed by atoms with E-state index >= 15 is 0 Å². The summed E-state index contributed by atoms with van der Waals surface area (Å²) in [6.07, 6.45) is -4.76. The van der Waals surface area contributed by atoms with Crippen LogP contribution in [-0.2, 0) is 9.59 Å². The van der Waals surface area contributed by atoms with Crippen molar-refractivity contribution in [2.24, 2.45) is 5.41 Å². The maximum Gasteiger partial charge on any atom is 0.411 e. The highest BCUT2D eigenvalue weighted by Gasteiger charge is 2.70. The molecule has 1 N–H and O–H groups in total. The highest BCUT2D eigenvalue weighted by atomic mass is 19.4. The average Bonchev–Trinajstić information content (AvgIpc) is 3.02. The molecular weight excluding hydrogens is 273 g/mol. The zero-order valence-corrected chi connectivity index (χ0v) is 12.0. The first-order valence-corrected chi connectivity index (χ1v) is 6.62. The lowest BCUT2D eigenvalue weighted by atomic mass is 9.83. The van der Waals surface area contributed by atoms with E-state index in [4.69, 9.17) is 0 Å². The van der Waals surface area contributed by atoms with E-state index in [-0.39, 0.29) is 12.8 Å². The minimum absolute atomic E-state index is 0.128. The number of carbonyl (C=O) groups excluding carboxylic acids is 2. The molecule has 0 aromatic heterocycles. The van der Waals surface area contributed by atoms with Crippen molar-refractivity contribution >= 4 is 11.8 Å². The molecule has 4 nitrogen and oxygen atoms in total. The molecule has 7 heteroatoms. The van der Waals surface area contributed by atoms with Gasteiger partial charge in [-0.1, -0.05) is 20.8 Å². The Balaban J connectivity index is 2.41. The van der Waals surface area contributed by atoms with Crippen LogP contribution in [0.5, 0.6) is 0 Å². The Hall–Kier alpha value is -1.27. The third-order valence-corrected chi connectivity index (χ3v) is 4.12. The van der Waals surface area contributed by atoms with Gasteiger partial charge >= 0.3 is 6.18 Å². The summed E-state index contributed by atoms with van der Waals surface area (Å²) in [7, 11) is 0. The fourth-order valence-corrected chi connectivity index (χ4v) is 2.72. The van der Waals surface area contributed by atoms with Crippen LogP contribution >= 0.6 is 0 Å². The van der Waals surface area contributed by atoms with E-state index in [1.807, 2.05) is 0 Å². The second-order valence-corrected chi connectivity index (χ2v) is 6.72. The van der Waals surface area contributed by atoms with Crippen molar-refractivity contribution < 1.29 is 22.8 Å². The molecular formula is C13H19F3N2O2. The van der Waals surface area contributed by atoms with Gasteiger partial charge in [0, 0.05) is 0 Å². The zero-order valence-electron chi connectivity index (χ0n) is 12.0. The Morgan fingerprint density at radius 2 is 1.70 bits per heavy atom. The van der Waals surface area contributed by atoms with Gasteiger partial charge in [-0.2, -0.15) is 13.2 Å². The van der Waals surface area contributed by atoms with E-state index < -0.39 is 41.0 Å². The number of halogens is 3. The second-order valence-electron chi connectivity index (χ2n) is 6.72. The summed E-state index contributed by atoms with van der Waals surface area (Å²) in [6.45, 7) is 6.50. The molecule has 0 bridgehead atoms. The summed E-state index contributed by atoms with van der Waals surface area (Å²) in [6, 6.07) is -2.02.